The number of carbonyl (C=O) groups excluding carboxylic acids is 1. The van der Waals surface area contributed by atoms with Gasteiger partial charge in [-0.1, -0.05) is 17.7 Å². The second-order valence-electron chi connectivity index (χ2n) is 6.61. The molecular weight excluding hydrogens is 387 g/mol. The number of amides is 1. The number of aromatic hydroxyl groups is 1. The molecular formula is C19H18ClFN4O3. The number of morpholine rings is 1. The van der Waals surface area contributed by atoms with Crippen molar-refractivity contribution in [2.45, 2.75) is 13.3 Å². The van der Waals surface area contributed by atoms with Gasteiger partial charge in [0.15, 0.2) is 5.65 Å². The van der Waals surface area contributed by atoms with Gasteiger partial charge in [-0.3, -0.25) is 4.79 Å². The van der Waals surface area contributed by atoms with Gasteiger partial charge >= 0.3 is 0 Å². The summed E-state index contributed by atoms with van der Waals surface area (Å²) >= 11 is 6.11. The van der Waals surface area contributed by atoms with E-state index in [1.54, 1.807) is 17.9 Å². The van der Waals surface area contributed by atoms with Crippen molar-refractivity contribution in [3.63, 3.8) is 0 Å². The zero-order chi connectivity index (χ0) is 19.8. The molecule has 1 fully saturated rings. The molecule has 146 valence electrons. The average molecular weight is 405 g/mol. The summed E-state index contributed by atoms with van der Waals surface area (Å²) < 4.78 is 19.8. The lowest BCUT2D eigenvalue weighted by Crippen LogP contribution is -2.40. The number of rotatable bonds is 3. The fourth-order valence-electron chi connectivity index (χ4n) is 3.27. The molecule has 28 heavy (non-hydrogen) atoms. The van der Waals surface area contributed by atoms with Crippen LogP contribution in [0.25, 0.3) is 5.65 Å². The summed E-state index contributed by atoms with van der Waals surface area (Å²) in [6.07, 6.45) is 1.67. The minimum absolute atomic E-state index is 0.121. The Morgan fingerprint density at radius 2 is 2.11 bits per heavy atom. The van der Waals surface area contributed by atoms with E-state index >= 15 is 0 Å². The van der Waals surface area contributed by atoms with E-state index in [1.165, 1.54) is 22.8 Å². The van der Waals surface area contributed by atoms with Gasteiger partial charge in [0.1, 0.15) is 11.4 Å². The number of carbonyl (C=O) groups is 1. The third-order valence-corrected chi connectivity index (χ3v) is 5.19. The van der Waals surface area contributed by atoms with Crippen LogP contribution in [0.3, 0.4) is 0 Å². The van der Waals surface area contributed by atoms with Crippen LogP contribution >= 0.6 is 11.6 Å². The average Bonchev–Trinajstić information content (AvgIpc) is 3.10. The summed E-state index contributed by atoms with van der Waals surface area (Å²) in [6.45, 7) is 3.73. The summed E-state index contributed by atoms with van der Waals surface area (Å²) in [6, 6.07) is 4.10. The van der Waals surface area contributed by atoms with E-state index in [9.17, 15) is 14.3 Å². The van der Waals surface area contributed by atoms with E-state index in [0.717, 1.165) is 0 Å². The van der Waals surface area contributed by atoms with Gasteiger partial charge in [-0.2, -0.15) is 9.61 Å². The topological polar surface area (TPSA) is 80.0 Å². The maximum absolute atomic E-state index is 13.3. The van der Waals surface area contributed by atoms with E-state index in [0.29, 0.717) is 54.3 Å². The number of benzene rings is 1. The predicted octanol–water partition coefficient (Wildman–Crippen LogP) is 2.60. The van der Waals surface area contributed by atoms with Crippen LogP contribution in [0.2, 0.25) is 5.02 Å². The van der Waals surface area contributed by atoms with Gasteiger partial charge in [0.05, 0.1) is 19.4 Å². The Balaban J connectivity index is 1.72. The van der Waals surface area contributed by atoms with Crippen molar-refractivity contribution in [3.05, 3.63) is 57.6 Å². The molecule has 1 amide bonds. The number of aryl methyl sites for hydroxylation is 1. The molecule has 9 heteroatoms. The normalized spacial score (nSPS) is 14.6. The van der Waals surface area contributed by atoms with Crippen LogP contribution in [-0.4, -0.2) is 56.8 Å². The highest BCUT2D eigenvalue weighted by Gasteiger charge is 2.25. The number of ether oxygens (including phenoxy) is 1. The first-order valence-electron chi connectivity index (χ1n) is 8.83. The van der Waals surface area contributed by atoms with Gasteiger partial charge in [-0.15, -0.1) is 0 Å². The molecule has 1 aliphatic rings. The van der Waals surface area contributed by atoms with Crippen molar-refractivity contribution in [2.24, 2.45) is 0 Å². The quantitative estimate of drug-likeness (QED) is 0.725. The monoisotopic (exact) mass is 404 g/mol. The molecule has 7 nitrogen and oxygen atoms in total. The van der Waals surface area contributed by atoms with Gasteiger partial charge in [0.2, 0.25) is 5.88 Å². The van der Waals surface area contributed by atoms with Crippen molar-refractivity contribution >= 4 is 23.2 Å². The second kappa shape index (κ2) is 7.37. The fourth-order valence-corrected chi connectivity index (χ4v) is 3.50. The number of fused-ring (bicyclic) bond motifs is 1. The van der Waals surface area contributed by atoms with Crippen LogP contribution in [0.15, 0.2) is 24.4 Å². The van der Waals surface area contributed by atoms with Gasteiger partial charge in [0.25, 0.3) is 5.91 Å². The Kier molecular flexibility index (Phi) is 4.91. The summed E-state index contributed by atoms with van der Waals surface area (Å²) in [5.74, 6) is -0.746. The molecule has 0 spiro atoms. The van der Waals surface area contributed by atoms with Crippen molar-refractivity contribution in [2.75, 3.05) is 26.3 Å². The third-order valence-electron chi connectivity index (χ3n) is 4.84. The van der Waals surface area contributed by atoms with Crippen LogP contribution in [0.4, 0.5) is 4.39 Å². The summed E-state index contributed by atoms with van der Waals surface area (Å²) in [4.78, 5) is 19.0. The predicted molar refractivity (Wildman–Crippen MR) is 100 cm³/mol. The van der Waals surface area contributed by atoms with Gasteiger partial charge < -0.3 is 14.7 Å². The minimum Gasteiger partial charge on any atom is -0.493 e. The van der Waals surface area contributed by atoms with Crippen LogP contribution in [0, 0.1) is 12.7 Å². The Labute approximate surface area is 165 Å². The van der Waals surface area contributed by atoms with Crippen LogP contribution in [0.5, 0.6) is 5.88 Å². The van der Waals surface area contributed by atoms with Crippen molar-refractivity contribution in [1.82, 2.24) is 19.5 Å². The number of hydrogen-bond acceptors (Lipinski definition) is 5. The van der Waals surface area contributed by atoms with Crippen LogP contribution < -0.4 is 0 Å². The van der Waals surface area contributed by atoms with E-state index in [1.807, 2.05) is 0 Å². The lowest BCUT2D eigenvalue weighted by Gasteiger charge is -2.26. The Bertz CT molecular complexity index is 1060. The lowest BCUT2D eigenvalue weighted by molar-refractivity contribution is 0.0304. The van der Waals surface area contributed by atoms with E-state index < -0.39 is 5.82 Å². The van der Waals surface area contributed by atoms with Gasteiger partial charge in [-0.25, -0.2) is 9.37 Å². The second-order valence-corrected chi connectivity index (χ2v) is 7.02. The molecule has 1 aromatic carbocycles. The lowest BCUT2D eigenvalue weighted by atomic mass is 10.0. The van der Waals surface area contributed by atoms with Gasteiger partial charge in [-0.05, 0) is 24.6 Å². The van der Waals surface area contributed by atoms with Gasteiger partial charge in [0, 0.05) is 35.8 Å². The Morgan fingerprint density at radius 3 is 2.82 bits per heavy atom. The number of halogens is 2. The molecule has 1 aliphatic heterocycles. The van der Waals surface area contributed by atoms with E-state index in [-0.39, 0.29) is 23.2 Å². The molecule has 0 saturated carbocycles. The first-order chi connectivity index (χ1) is 13.5. The third kappa shape index (κ3) is 3.29. The van der Waals surface area contributed by atoms with Crippen LogP contribution in [-0.2, 0) is 11.2 Å². The smallest absolute Gasteiger partial charge is 0.259 e. The zero-order valence-corrected chi connectivity index (χ0v) is 15.9. The molecule has 1 N–H and O–H groups in total. The summed E-state index contributed by atoms with van der Waals surface area (Å²) in [7, 11) is 0. The molecule has 1 saturated heterocycles. The molecule has 3 heterocycles. The molecule has 0 bridgehead atoms. The molecule has 0 aliphatic carbocycles. The Morgan fingerprint density at radius 1 is 1.36 bits per heavy atom. The number of aromatic nitrogens is 3. The van der Waals surface area contributed by atoms with Crippen LogP contribution in [0.1, 0.15) is 27.2 Å². The molecule has 3 aromatic rings. The number of nitrogens with zero attached hydrogens (tertiary/aromatic N) is 4. The van der Waals surface area contributed by atoms with Crippen molar-refractivity contribution < 1.29 is 19.0 Å². The molecule has 0 unspecified atom stereocenters. The molecule has 0 radical (unpaired) electrons. The standard InChI is InChI=1S/C19H18ClFN4O3/c1-11-14(8-12-2-3-13(21)9-16(12)20)19(27)25-17(23-11)15(10-22-25)18(26)24-4-6-28-7-5-24/h2-3,9-10,27H,4-8H2,1H3. The van der Waals surface area contributed by atoms with Crippen molar-refractivity contribution in [1.29, 1.82) is 0 Å². The molecule has 0 atom stereocenters. The highest BCUT2D eigenvalue weighted by molar-refractivity contribution is 6.31. The largest absolute Gasteiger partial charge is 0.493 e. The summed E-state index contributed by atoms with van der Waals surface area (Å²) in [5.41, 5.74) is 2.32. The highest BCUT2D eigenvalue weighted by Crippen LogP contribution is 2.28. The van der Waals surface area contributed by atoms with E-state index in [2.05, 4.69) is 10.1 Å². The summed E-state index contributed by atoms with van der Waals surface area (Å²) in [5, 5.41) is 15.2. The zero-order valence-electron chi connectivity index (χ0n) is 15.2. The first kappa shape index (κ1) is 18.6. The highest BCUT2D eigenvalue weighted by atomic mass is 35.5. The first-order valence-corrected chi connectivity index (χ1v) is 9.20. The van der Waals surface area contributed by atoms with E-state index in [4.69, 9.17) is 16.3 Å². The van der Waals surface area contributed by atoms with Crippen molar-refractivity contribution in [3.8, 4) is 5.88 Å². The number of hydrogen-bond donors (Lipinski definition) is 1. The molecule has 4 rings (SSSR count). The SMILES string of the molecule is Cc1nc2c(C(=O)N3CCOCC3)cnn2c(O)c1Cc1ccc(F)cc1Cl. The minimum atomic E-state index is -0.429. The maximum atomic E-state index is 13.3. The fraction of sp³-hybridized carbons (Fsp3) is 0.316. The maximum Gasteiger partial charge on any atom is 0.259 e. The molecule has 2 aromatic heterocycles. The Hall–Kier alpha value is -2.71.